The molecule has 2 N–H and O–H groups in total. The standard InChI is InChI=1S/C13H15F3N4/c1-20-8-10(7-19-20)6-17-11-3-2-4-12(5-11)18-9-13(14,15)16/h2-5,7-8,17-18H,6,9H2,1H3. The summed E-state index contributed by atoms with van der Waals surface area (Å²) in [7, 11) is 1.82. The number of hydrogen-bond acceptors (Lipinski definition) is 3. The van der Waals surface area contributed by atoms with Gasteiger partial charge in [0.15, 0.2) is 0 Å². The van der Waals surface area contributed by atoms with Gasteiger partial charge in [-0.3, -0.25) is 4.68 Å². The Morgan fingerprint density at radius 2 is 1.90 bits per heavy atom. The molecule has 1 aromatic carbocycles. The van der Waals surface area contributed by atoms with Gasteiger partial charge in [0.2, 0.25) is 0 Å². The highest BCUT2D eigenvalue weighted by atomic mass is 19.4. The second-order valence-corrected chi connectivity index (χ2v) is 4.43. The lowest BCUT2D eigenvalue weighted by atomic mass is 10.2. The molecule has 7 heteroatoms. The van der Waals surface area contributed by atoms with Crippen molar-refractivity contribution in [3.8, 4) is 0 Å². The molecule has 0 saturated heterocycles. The van der Waals surface area contributed by atoms with Gasteiger partial charge < -0.3 is 10.6 Å². The summed E-state index contributed by atoms with van der Waals surface area (Å²) >= 11 is 0. The molecule has 0 aliphatic carbocycles. The van der Waals surface area contributed by atoms with Gasteiger partial charge in [-0.15, -0.1) is 0 Å². The van der Waals surface area contributed by atoms with Crippen molar-refractivity contribution in [2.24, 2.45) is 7.05 Å². The van der Waals surface area contributed by atoms with E-state index in [9.17, 15) is 13.2 Å². The lowest BCUT2D eigenvalue weighted by Gasteiger charge is -2.11. The smallest absolute Gasteiger partial charge is 0.381 e. The Kier molecular flexibility index (Phi) is 4.16. The molecule has 2 aromatic rings. The van der Waals surface area contributed by atoms with Crippen molar-refractivity contribution in [2.45, 2.75) is 12.7 Å². The monoisotopic (exact) mass is 284 g/mol. The summed E-state index contributed by atoms with van der Waals surface area (Å²) in [5, 5.41) is 9.53. The maximum atomic E-state index is 12.1. The van der Waals surface area contributed by atoms with Gasteiger partial charge in [0.25, 0.3) is 0 Å². The second kappa shape index (κ2) is 5.85. The number of aryl methyl sites for hydroxylation is 1. The fourth-order valence-electron chi connectivity index (χ4n) is 1.71. The van der Waals surface area contributed by atoms with E-state index < -0.39 is 12.7 Å². The van der Waals surface area contributed by atoms with Gasteiger partial charge in [0.05, 0.1) is 6.20 Å². The third-order valence-electron chi connectivity index (χ3n) is 2.61. The van der Waals surface area contributed by atoms with E-state index in [1.165, 1.54) is 0 Å². The average Bonchev–Trinajstić information content (AvgIpc) is 2.80. The van der Waals surface area contributed by atoms with Crippen molar-refractivity contribution in [2.75, 3.05) is 17.2 Å². The Morgan fingerprint density at radius 3 is 2.50 bits per heavy atom. The van der Waals surface area contributed by atoms with Crippen LogP contribution in [-0.2, 0) is 13.6 Å². The number of aromatic nitrogens is 2. The number of nitrogens with one attached hydrogen (secondary N) is 2. The van der Waals surface area contributed by atoms with Crippen molar-refractivity contribution in [3.05, 3.63) is 42.2 Å². The van der Waals surface area contributed by atoms with E-state index in [2.05, 4.69) is 15.7 Å². The fourth-order valence-corrected chi connectivity index (χ4v) is 1.71. The van der Waals surface area contributed by atoms with E-state index in [0.717, 1.165) is 11.3 Å². The molecule has 0 aliphatic heterocycles. The number of anilines is 2. The predicted molar refractivity (Wildman–Crippen MR) is 71.5 cm³/mol. The summed E-state index contributed by atoms with van der Waals surface area (Å²) in [5.41, 5.74) is 2.18. The van der Waals surface area contributed by atoms with Crippen LogP contribution in [0.2, 0.25) is 0 Å². The van der Waals surface area contributed by atoms with E-state index in [1.54, 1.807) is 35.1 Å². The molecular weight excluding hydrogens is 269 g/mol. The van der Waals surface area contributed by atoms with Crippen molar-refractivity contribution < 1.29 is 13.2 Å². The third-order valence-corrected chi connectivity index (χ3v) is 2.61. The maximum Gasteiger partial charge on any atom is 0.405 e. The highest BCUT2D eigenvalue weighted by Gasteiger charge is 2.26. The summed E-state index contributed by atoms with van der Waals surface area (Å²) in [4.78, 5) is 0. The number of rotatable bonds is 5. The highest BCUT2D eigenvalue weighted by molar-refractivity contribution is 5.56. The quantitative estimate of drug-likeness (QED) is 0.887. The number of halogens is 3. The summed E-state index contributed by atoms with van der Waals surface area (Å²) in [6.07, 6.45) is -0.614. The Balaban J connectivity index is 1.92. The zero-order valence-electron chi connectivity index (χ0n) is 10.9. The Hall–Kier alpha value is -2.18. The van der Waals surface area contributed by atoms with Crippen LogP contribution in [0.1, 0.15) is 5.56 Å². The minimum Gasteiger partial charge on any atom is -0.381 e. The minimum atomic E-state index is -4.22. The first-order chi connectivity index (χ1) is 9.42. The van der Waals surface area contributed by atoms with Gasteiger partial charge in [-0.25, -0.2) is 0 Å². The first kappa shape index (κ1) is 14.2. The summed E-state index contributed by atoms with van der Waals surface area (Å²) in [6, 6.07) is 6.74. The Morgan fingerprint density at radius 1 is 1.20 bits per heavy atom. The summed E-state index contributed by atoms with van der Waals surface area (Å²) < 4.78 is 38.1. The third kappa shape index (κ3) is 4.49. The molecule has 0 aliphatic rings. The predicted octanol–water partition coefficient (Wildman–Crippen LogP) is 3.01. The van der Waals surface area contributed by atoms with Gasteiger partial charge in [0, 0.05) is 36.7 Å². The molecule has 0 amide bonds. The zero-order valence-corrected chi connectivity index (χ0v) is 10.9. The van der Waals surface area contributed by atoms with Crippen LogP contribution in [0, 0.1) is 0 Å². The normalized spacial score (nSPS) is 11.4. The molecule has 0 saturated carbocycles. The van der Waals surface area contributed by atoms with Gasteiger partial charge in [0.1, 0.15) is 6.54 Å². The van der Waals surface area contributed by atoms with E-state index in [-0.39, 0.29) is 0 Å². The average molecular weight is 284 g/mol. The Labute approximate surface area is 114 Å². The number of alkyl halides is 3. The molecule has 0 spiro atoms. The lowest BCUT2D eigenvalue weighted by Crippen LogP contribution is -2.21. The van der Waals surface area contributed by atoms with Gasteiger partial charge in [-0.05, 0) is 18.2 Å². The van der Waals surface area contributed by atoms with E-state index in [0.29, 0.717) is 12.2 Å². The molecule has 1 heterocycles. The first-order valence-electron chi connectivity index (χ1n) is 6.04. The molecule has 108 valence electrons. The largest absolute Gasteiger partial charge is 0.405 e. The minimum absolute atomic E-state index is 0.429. The highest BCUT2D eigenvalue weighted by Crippen LogP contribution is 2.19. The van der Waals surface area contributed by atoms with E-state index >= 15 is 0 Å². The molecule has 0 atom stereocenters. The number of hydrogen-bond donors (Lipinski definition) is 2. The maximum absolute atomic E-state index is 12.1. The molecule has 0 unspecified atom stereocenters. The van der Waals surface area contributed by atoms with Crippen LogP contribution >= 0.6 is 0 Å². The molecule has 0 radical (unpaired) electrons. The number of nitrogens with zero attached hydrogens (tertiary/aromatic N) is 2. The number of benzene rings is 1. The van der Waals surface area contributed by atoms with Crippen LogP contribution in [0.25, 0.3) is 0 Å². The molecule has 2 rings (SSSR count). The fraction of sp³-hybridized carbons (Fsp3) is 0.308. The van der Waals surface area contributed by atoms with E-state index in [4.69, 9.17) is 0 Å². The van der Waals surface area contributed by atoms with E-state index in [1.807, 2.05) is 13.2 Å². The van der Waals surface area contributed by atoms with Crippen LogP contribution < -0.4 is 10.6 Å². The molecule has 0 fully saturated rings. The van der Waals surface area contributed by atoms with Crippen molar-refractivity contribution in [1.29, 1.82) is 0 Å². The van der Waals surface area contributed by atoms with Gasteiger partial charge >= 0.3 is 6.18 Å². The van der Waals surface area contributed by atoms with Gasteiger partial charge in [-0.1, -0.05) is 6.07 Å². The van der Waals surface area contributed by atoms with Crippen LogP contribution in [0.4, 0.5) is 24.5 Å². The van der Waals surface area contributed by atoms with Crippen LogP contribution in [-0.4, -0.2) is 22.5 Å². The van der Waals surface area contributed by atoms with Crippen LogP contribution in [0.3, 0.4) is 0 Å². The topological polar surface area (TPSA) is 41.9 Å². The second-order valence-electron chi connectivity index (χ2n) is 4.43. The molecular formula is C13H15F3N4. The van der Waals surface area contributed by atoms with Crippen molar-refractivity contribution in [1.82, 2.24) is 9.78 Å². The Bertz CT molecular complexity index is 563. The molecule has 0 bridgehead atoms. The van der Waals surface area contributed by atoms with Crippen molar-refractivity contribution in [3.63, 3.8) is 0 Å². The van der Waals surface area contributed by atoms with Crippen LogP contribution in [0.15, 0.2) is 36.7 Å². The van der Waals surface area contributed by atoms with Crippen LogP contribution in [0.5, 0.6) is 0 Å². The molecule has 4 nitrogen and oxygen atoms in total. The first-order valence-corrected chi connectivity index (χ1v) is 6.04. The summed E-state index contributed by atoms with van der Waals surface area (Å²) in [6.45, 7) is -0.477. The lowest BCUT2D eigenvalue weighted by molar-refractivity contribution is -0.115. The molecule has 20 heavy (non-hydrogen) atoms. The zero-order chi connectivity index (χ0) is 14.6. The molecule has 1 aromatic heterocycles. The van der Waals surface area contributed by atoms with Gasteiger partial charge in [-0.2, -0.15) is 18.3 Å². The SMILES string of the molecule is Cn1cc(CNc2cccc(NCC(F)(F)F)c2)cn1. The summed E-state index contributed by atoms with van der Waals surface area (Å²) in [5.74, 6) is 0. The van der Waals surface area contributed by atoms with Crippen molar-refractivity contribution >= 4 is 11.4 Å².